The maximum absolute atomic E-state index is 12.0. The summed E-state index contributed by atoms with van der Waals surface area (Å²) in [7, 11) is -4.50. The van der Waals surface area contributed by atoms with Gasteiger partial charge in [-0.2, -0.15) is 8.42 Å². The van der Waals surface area contributed by atoms with Crippen LogP contribution >= 0.6 is 0 Å². The number of carbonyl (C=O) groups is 2. The highest BCUT2D eigenvalue weighted by Crippen LogP contribution is 2.15. The van der Waals surface area contributed by atoms with Crippen LogP contribution < -0.4 is 5.48 Å². The molecular formula is C16H23NO6S. The van der Waals surface area contributed by atoms with Crippen LogP contribution in [0.3, 0.4) is 0 Å². The molecule has 0 aromatic heterocycles. The Morgan fingerprint density at radius 2 is 1.79 bits per heavy atom. The molecule has 134 valence electrons. The maximum Gasteiger partial charge on any atom is 0.324 e. The fraction of sp³-hybridized carbons (Fsp3) is 0.500. The molecule has 1 rings (SSSR count). The van der Waals surface area contributed by atoms with Crippen molar-refractivity contribution in [2.45, 2.75) is 50.3 Å². The van der Waals surface area contributed by atoms with Crippen molar-refractivity contribution in [2.75, 3.05) is 6.54 Å². The second-order valence-corrected chi connectivity index (χ2v) is 6.74. The van der Waals surface area contributed by atoms with Gasteiger partial charge in [-0.3, -0.25) is 14.1 Å². The van der Waals surface area contributed by atoms with Gasteiger partial charge in [-0.05, 0) is 18.6 Å². The Bertz CT molecular complexity index is 656. The maximum atomic E-state index is 12.0. The van der Waals surface area contributed by atoms with Gasteiger partial charge in [0.2, 0.25) is 0 Å². The van der Waals surface area contributed by atoms with Crippen LogP contribution in [0.25, 0.3) is 0 Å². The van der Waals surface area contributed by atoms with Crippen LogP contribution in [0.2, 0.25) is 0 Å². The van der Waals surface area contributed by atoms with Crippen LogP contribution in [0.4, 0.5) is 0 Å². The van der Waals surface area contributed by atoms with Gasteiger partial charge < -0.3 is 4.84 Å². The number of benzene rings is 1. The molecule has 0 aliphatic rings. The van der Waals surface area contributed by atoms with Crippen LogP contribution in [0.1, 0.15) is 55.8 Å². The molecule has 8 heteroatoms. The summed E-state index contributed by atoms with van der Waals surface area (Å²) in [6, 6.07) is 5.28. The number of ketones is 1. The van der Waals surface area contributed by atoms with E-state index >= 15 is 0 Å². The standard InChI is InChI=1S/C16H23NO6S/c1-2-3-4-5-6-11-16(19)23-17-12-14(18)13-9-7-8-10-15(13)24(20,21)22/h7-10,17H,2-6,11-12H2,1H3,(H,20,21,22). The summed E-state index contributed by atoms with van der Waals surface area (Å²) in [4.78, 5) is 27.8. The van der Waals surface area contributed by atoms with Crippen LogP contribution in [0, 0.1) is 0 Å². The van der Waals surface area contributed by atoms with Gasteiger partial charge >= 0.3 is 5.97 Å². The van der Waals surface area contributed by atoms with Gasteiger partial charge in [0.1, 0.15) is 4.90 Å². The van der Waals surface area contributed by atoms with E-state index in [0.29, 0.717) is 0 Å². The van der Waals surface area contributed by atoms with E-state index in [1.165, 1.54) is 18.2 Å². The monoisotopic (exact) mass is 357 g/mol. The predicted molar refractivity (Wildman–Crippen MR) is 88.1 cm³/mol. The quantitative estimate of drug-likeness (QED) is 0.271. The third kappa shape index (κ3) is 7.20. The molecule has 0 aliphatic heterocycles. The normalized spacial score (nSPS) is 11.2. The molecule has 0 fully saturated rings. The number of hydrogen-bond donors (Lipinski definition) is 2. The molecule has 0 saturated carbocycles. The van der Waals surface area contributed by atoms with Crippen molar-refractivity contribution in [2.24, 2.45) is 0 Å². The van der Waals surface area contributed by atoms with Crippen LogP contribution in [0.5, 0.6) is 0 Å². The summed E-state index contributed by atoms with van der Waals surface area (Å²) in [6.07, 6.45) is 5.26. The third-order valence-electron chi connectivity index (χ3n) is 3.37. The molecule has 0 saturated heterocycles. The van der Waals surface area contributed by atoms with Crippen molar-refractivity contribution >= 4 is 21.9 Å². The SMILES string of the molecule is CCCCCCCC(=O)ONCC(=O)c1ccccc1S(=O)(=O)O. The first-order chi connectivity index (χ1) is 11.4. The molecular weight excluding hydrogens is 334 g/mol. The van der Waals surface area contributed by atoms with Crippen molar-refractivity contribution in [1.29, 1.82) is 0 Å². The minimum Gasteiger partial charge on any atom is -0.370 e. The zero-order valence-electron chi connectivity index (χ0n) is 13.7. The lowest BCUT2D eigenvalue weighted by Crippen LogP contribution is -2.27. The molecule has 0 atom stereocenters. The van der Waals surface area contributed by atoms with Crippen molar-refractivity contribution in [3.05, 3.63) is 29.8 Å². The van der Waals surface area contributed by atoms with E-state index in [1.54, 1.807) is 0 Å². The molecule has 1 aromatic carbocycles. The highest BCUT2D eigenvalue weighted by molar-refractivity contribution is 7.86. The average Bonchev–Trinajstić information content (AvgIpc) is 2.53. The van der Waals surface area contributed by atoms with E-state index in [2.05, 4.69) is 12.4 Å². The van der Waals surface area contributed by atoms with E-state index in [1.807, 2.05) is 0 Å². The van der Waals surface area contributed by atoms with Crippen LogP contribution in [-0.4, -0.2) is 31.3 Å². The molecule has 0 amide bonds. The number of hydroxylamine groups is 1. The van der Waals surface area contributed by atoms with Crippen LogP contribution in [-0.2, 0) is 19.8 Å². The number of rotatable bonds is 11. The Balaban J connectivity index is 2.41. The molecule has 0 spiro atoms. The van der Waals surface area contributed by atoms with E-state index in [0.717, 1.165) is 38.2 Å². The largest absolute Gasteiger partial charge is 0.370 e. The number of unbranched alkanes of at least 4 members (excludes halogenated alkanes) is 4. The summed E-state index contributed by atoms with van der Waals surface area (Å²) in [5.41, 5.74) is 2.07. The van der Waals surface area contributed by atoms with E-state index in [4.69, 9.17) is 9.39 Å². The predicted octanol–water partition coefficient (Wildman–Crippen LogP) is 2.52. The van der Waals surface area contributed by atoms with Gasteiger partial charge in [0.25, 0.3) is 10.1 Å². The topological polar surface area (TPSA) is 110 Å². The van der Waals surface area contributed by atoms with Crippen LogP contribution in [0.15, 0.2) is 29.2 Å². The summed E-state index contributed by atoms with van der Waals surface area (Å²) < 4.78 is 31.6. The molecule has 0 heterocycles. The zero-order valence-corrected chi connectivity index (χ0v) is 14.5. The summed E-state index contributed by atoms with van der Waals surface area (Å²) in [5.74, 6) is -1.08. The molecule has 2 N–H and O–H groups in total. The second kappa shape index (κ2) is 10.2. The number of hydrogen-bond acceptors (Lipinski definition) is 6. The smallest absolute Gasteiger partial charge is 0.324 e. The summed E-state index contributed by atoms with van der Waals surface area (Å²) in [5, 5.41) is 0. The lowest BCUT2D eigenvalue weighted by Gasteiger charge is -2.08. The third-order valence-corrected chi connectivity index (χ3v) is 4.28. The lowest BCUT2D eigenvalue weighted by molar-refractivity contribution is -0.150. The number of carbonyl (C=O) groups excluding carboxylic acids is 2. The Morgan fingerprint density at radius 1 is 1.12 bits per heavy atom. The summed E-state index contributed by atoms with van der Waals surface area (Å²) >= 11 is 0. The van der Waals surface area contributed by atoms with Gasteiger partial charge in [-0.25, -0.2) is 0 Å². The highest BCUT2D eigenvalue weighted by Gasteiger charge is 2.19. The minimum absolute atomic E-state index is 0.164. The Kier molecular flexibility index (Phi) is 8.59. The first-order valence-electron chi connectivity index (χ1n) is 7.88. The van der Waals surface area contributed by atoms with Crippen molar-refractivity contribution in [3.8, 4) is 0 Å². The summed E-state index contributed by atoms with van der Waals surface area (Å²) in [6.45, 7) is 1.73. The van der Waals surface area contributed by atoms with Crippen molar-refractivity contribution in [3.63, 3.8) is 0 Å². The van der Waals surface area contributed by atoms with Crippen molar-refractivity contribution in [1.82, 2.24) is 5.48 Å². The fourth-order valence-corrected chi connectivity index (χ4v) is 2.83. The van der Waals surface area contributed by atoms with E-state index in [-0.39, 0.29) is 18.5 Å². The zero-order chi connectivity index (χ0) is 18.0. The van der Waals surface area contributed by atoms with Gasteiger partial charge in [0, 0.05) is 12.0 Å². The molecule has 0 radical (unpaired) electrons. The van der Waals surface area contributed by atoms with Gasteiger partial charge in [0.05, 0.1) is 6.54 Å². The fourth-order valence-electron chi connectivity index (χ4n) is 2.12. The van der Waals surface area contributed by atoms with Crippen molar-refractivity contribution < 1.29 is 27.4 Å². The Morgan fingerprint density at radius 3 is 2.46 bits per heavy atom. The average molecular weight is 357 g/mol. The van der Waals surface area contributed by atoms with E-state index in [9.17, 15) is 18.0 Å². The van der Waals surface area contributed by atoms with Gasteiger partial charge in [-0.15, -0.1) is 5.48 Å². The number of nitrogens with one attached hydrogen (secondary N) is 1. The van der Waals surface area contributed by atoms with E-state index < -0.39 is 26.8 Å². The Labute approximate surface area is 142 Å². The van der Waals surface area contributed by atoms with Gasteiger partial charge in [0.15, 0.2) is 5.78 Å². The molecule has 1 aromatic rings. The molecule has 0 bridgehead atoms. The highest BCUT2D eigenvalue weighted by atomic mass is 32.2. The minimum atomic E-state index is -4.50. The Hall–Kier alpha value is -1.77. The lowest BCUT2D eigenvalue weighted by atomic mass is 10.1. The molecule has 7 nitrogen and oxygen atoms in total. The molecule has 24 heavy (non-hydrogen) atoms. The first kappa shape index (κ1) is 20.3. The second-order valence-electron chi connectivity index (χ2n) is 5.35. The first-order valence-corrected chi connectivity index (χ1v) is 9.32. The molecule has 0 aliphatic carbocycles. The molecule has 0 unspecified atom stereocenters. The van der Waals surface area contributed by atoms with Gasteiger partial charge in [-0.1, -0.05) is 44.7 Å². The number of Topliss-reactive ketones (excluding diaryl/α,β-unsaturated/α-hetero) is 1.